The predicted molar refractivity (Wildman–Crippen MR) is 84.5 cm³/mol. The molecule has 22 heavy (non-hydrogen) atoms. The molecule has 0 saturated heterocycles. The van der Waals surface area contributed by atoms with Crippen LogP contribution in [0.5, 0.6) is 0 Å². The first-order valence-electron chi connectivity index (χ1n) is 6.57. The first kappa shape index (κ1) is 16.7. The molecule has 0 atom stereocenters. The summed E-state index contributed by atoms with van der Waals surface area (Å²) >= 11 is 1.56. The minimum Gasteiger partial charge on any atom is -0.448 e. The summed E-state index contributed by atoms with van der Waals surface area (Å²) in [4.78, 5) is 13.3. The molecule has 2 aromatic heterocycles. The Bertz CT molecular complexity index is 788. The fourth-order valence-corrected chi connectivity index (χ4v) is 3.53. The summed E-state index contributed by atoms with van der Waals surface area (Å²) in [5.41, 5.74) is 1.35. The van der Waals surface area contributed by atoms with Crippen molar-refractivity contribution in [2.75, 3.05) is 14.1 Å². The summed E-state index contributed by atoms with van der Waals surface area (Å²) < 4.78 is 30.3. The molecule has 6 nitrogen and oxygen atoms in total. The number of rotatable bonds is 5. The lowest BCUT2D eigenvalue weighted by atomic mass is 10.2. The lowest BCUT2D eigenvalue weighted by Crippen LogP contribution is -2.23. The van der Waals surface area contributed by atoms with Gasteiger partial charge < -0.3 is 9.73 Å². The van der Waals surface area contributed by atoms with E-state index in [1.54, 1.807) is 18.3 Å². The third-order valence-electron chi connectivity index (χ3n) is 3.25. The summed E-state index contributed by atoms with van der Waals surface area (Å²) in [7, 11) is -0.870. The number of sulfonamides is 1. The maximum absolute atomic E-state index is 12.2. The van der Waals surface area contributed by atoms with E-state index in [0.717, 1.165) is 14.7 Å². The van der Waals surface area contributed by atoms with Gasteiger partial charge in [-0.2, -0.15) is 0 Å². The SMILES string of the molecule is Cc1ccsc1CNC(=O)c1cc(S(=O)(=O)N(C)C)oc1C. The minimum atomic E-state index is -3.69. The Balaban J connectivity index is 2.17. The molecule has 0 aromatic carbocycles. The summed E-state index contributed by atoms with van der Waals surface area (Å²) in [5, 5.41) is 4.51. The second-order valence-electron chi connectivity index (χ2n) is 5.03. The van der Waals surface area contributed by atoms with Crippen LogP contribution in [0.1, 0.15) is 26.6 Å². The van der Waals surface area contributed by atoms with Crippen molar-refractivity contribution in [3.8, 4) is 0 Å². The molecule has 8 heteroatoms. The molecule has 0 aliphatic heterocycles. The lowest BCUT2D eigenvalue weighted by molar-refractivity contribution is 0.0949. The molecule has 0 saturated carbocycles. The van der Waals surface area contributed by atoms with Crippen molar-refractivity contribution in [2.45, 2.75) is 25.5 Å². The third kappa shape index (κ3) is 3.23. The molecular weight excluding hydrogens is 324 g/mol. The van der Waals surface area contributed by atoms with Gasteiger partial charge in [0.25, 0.3) is 15.9 Å². The van der Waals surface area contributed by atoms with Crippen molar-refractivity contribution < 1.29 is 17.6 Å². The number of nitrogens with zero attached hydrogens (tertiary/aromatic N) is 1. The molecule has 0 unspecified atom stereocenters. The van der Waals surface area contributed by atoms with Crippen LogP contribution in [-0.2, 0) is 16.6 Å². The number of thiophene rings is 1. The zero-order valence-corrected chi connectivity index (χ0v) is 14.5. The van der Waals surface area contributed by atoms with Gasteiger partial charge in [0.2, 0.25) is 5.09 Å². The van der Waals surface area contributed by atoms with Crippen LogP contribution >= 0.6 is 11.3 Å². The smallest absolute Gasteiger partial charge is 0.275 e. The van der Waals surface area contributed by atoms with Gasteiger partial charge in [-0.15, -0.1) is 11.3 Å². The van der Waals surface area contributed by atoms with Gasteiger partial charge in [0.1, 0.15) is 5.76 Å². The number of carbonyl (C=O) groups is 1. The highest BCUT2D eigenvalue weighted by molar-refractivity contribution is 7.88. The second kappa shape index (κ2) is 6.23. The molecule has 0 fully saturated rings. The Morgan fingerprint density at radius 2 is 2.05 bits per heavy atom. The van der Waals surface area contributed by atoms with Gasteiger partial charge in [-0.25, -0.2) is 12.7 Å². The minimum absolute atomic E-state index is 0.229. The molecule has 2 aromatic rings. The molecule has 0 spiro atoms. The van der Waals surface area contributed by atoms with E-state index in [1.807, 2.05) is 18.4 Å². The zero-order chi connectivity index (χ0) is 16.5. The summed E-state index contributed by atoms with van der Waals surface area (Å²) in [6.07, 6.45) is 0. The number of furan rings is 1. The topological polar surface area (TPSA) is 79.6 Å². The molecular formula is C14H18N2O4S2. The molecule has 0 aliphatic rings. The van der Waals surface area contributed by atoms with Crippen LogP contribution in [0.15, 0.2) is 27.0 Å². The molecule has 1 N–H and O–H groups in total. The van der Waals surface area contributed by atoms with E-state index in [1.165, 1.54) is 20.2 Å². The standard InChI is InChI=1S/C14H18N2O4S2/c1-9-5-6-21-12(9)8-15-14(17)11-7-13(20-10(11)2)22(18,19)16(3)4/h5-7H,8H2,1-4H3,(H,15,17). The van der Waals surface area contributed by atoms with E-state index < -0.39 is 10.0 Å². The van der Waals surface area contributed by atoms with Crippen molar-refractivity contribution in [3.63, 3.8) is 0 Å². The monoisotopic (exact) mass is 342 g/mol. The quantitative estimate of drug-likeness (QED) is 0.903. The van der Waals surface area contributed by atoms with E-state index in [0.29, 0.717) is 6.54 Å². The van der Waals surface area contributed by atoms with E-state index in [-0.39, 0.29) is 22.3 Å². The van der Waals surface area contributed by atoms with Crippen LogP contribution in [0.25, 0.3) is 0 Å². The predicted octanol–water partition coefficient (Wildman–Crippen LogP) is 2.14. The highest BCUT2D eigenvalue weighted by Gasteiger charge is 2.25. The van der Waals surface area contributed by atoms with Gasteiger partial charge in [-0.1, -0.05) is 0 Å². The molecule has 0 aliphatic carbocycles. The van der Waals surface area contributed by atoms with Gasteiger partial charge in [0.15, 0.2) is 0 Å². The van der Waals surface area contributed by atoms with Crippen molar-refractivity contribution in [1.82, 2.24) is 9.62 Å². The Morgan fingerprint density at radius 3 is 2.59 bits per heavy atom. The fourth-order valence-electron chi connectivity index (χ4n) is 1.83. The Kier molecular flexibility index (Phi) is 4.74. The van der Waals surface area contributed by atoms with Crippen LogP contribution in [0.3, 0.4) is 0 Å². The highest BCUT2D eigenvalue weighted by atomic mass is 32.2. The van der Waals surface area contributed by atoms with Crippen LogP contribution in [0, 0.1) is 13.8 Å². The third-order valence-corrected chi connectivity index (χ3v) is 5.95. The number of carbonyl (C=O) groups excluding carboxylic acids is 1. The van der Waals surface area contributed by atoms with Crippen LogP contribution in [-0.4, -0.2) is 32.7 Å². The van der Waals surface area contributed by atoms with E-state index in [9.17, 15) is 13.2 Å². The zero-order valence-electron chi connectivity index (χ0n) is 12.8. The average molecular weight is 342 g/mol. The van der Waals surface area contributed by atoms with E-state index in [2.05, 4.69) is 5.32 Å². The normalized spacial score (nSPS) is 11.9. The van der Waals surface area contributed by atoms with E-state index >= 15 is 0 Å². The Hall–Kier alpha value is -1.64. The van der Waals surface area contributed by atoms with Crippen molar-refractivity contribution >= 4 is 27.3 Å². The summed E-state index contributed by atoms with van der Waals surface area (Å²) in [6.45, 7) is 3.95. The number of aryl methyl sites for hydroxylation is 2. The number of hydrogen-bond acceptors (Lipinski definition) is 5. The Labute approximate surface area is 133 Å². The molecule has 0 radical (unpaired) electrons. The highest BCUT2D eigenvalue weighted by Crippen LogP contribution is 2.21. The number of hydrogen-bond donors (Lipinski definition) is 1. The number of amides is 1. The molecule has 2 rings (SSSR count). The summed E-state index contributed by atoms with van der Waals surface area (Å²) in [5.74, 6) is -0.0740. The molecule has 2 heterocycles. The van der Waals surface area contributed by atoms with Crippen LogP contribution in [0.4, 0.5) is 0 Å². The van der Waals surface area contributed by atoms with Gasteiger partial charge in [0.05, 0.1) is 12.1 Å². The summed E-state index contributed by atoms with van der Waals surface area (Å²) in [6, 6.07) is 3.25. The second-order valence-corrected chi connectivity index (χ2v) is 8.12. The van der Waals surface area contributed by atoms with Gasteiger partial charge >= 0.3 is 0 Å². The Morgan fingerprint density at radius 1 is 1.36 bits per heavy atom. The van der Waals surface area contributed by atoms with Gasteiger partial charge in [-0.3, -0.25) is 4.79 Å². The molecule has 0 bridgehead atoms. The van der Waals surface area contributed by atoms with Crippen LogP contribution < -0.4 is 5.32 Å². The maximum atomic E-state index is 12.2. The molecule has 1 amide bonds. The van der Waals surface area contributed by atoms with Crippen molar-refractivity contribution in [2.24, 2.45) is 0 Å². The average Bonchev–Trinajstić information content (AvgIpc) is 3.02. The largest absolute Gasteiger partial charge is 0.448 e. The maximum Gasteiger partial charge on any atom is 0.275 e. The number of nitrogens with one attached hydrogen (secondary N) is 1. The van der Waals surface area contributed by atoms with Gasteiger partial charge in [-0.05, 0) is 30.9 Å². The van der Waals surface area contributed by atoms with Crippen molar-refractivity contribution in [1.29, 1.82) is 0 Å². The van der Waals surface area contributed by atoms with Crippen molar-refractivity contribution in [3.05, 3.63) is 39.3 Å². The first-order valence-corrected chi connectivity index (χ1v) is 8.89. The lowest BCUT2D eigenvalue weighted by Gasteiger charge is -2.07. The molecule has 120 valence electrons. The van der Waals surface area contributed by atoms with E-state index in [4.69, 9.17) is 4.42 Å². The fraction of sp³-hybridized carbons (Fsp3) is 0.357. The van der Waals surface area contributed by atoms with Gasteiger partial charge in [0, 0.05) is 25.0 Å². The van der Waals surface area contributed by atoms with Crippen LogP contribution in [0.2, 0.25) is 0 Å². The first-order chi connectivity index (χ1) is 10.2.